The SMILES string of the molecule is CC(=O)Nc1cc(CN2CCn3nc(Nc4cc5n(n4)CCCC5(C)C)cc3[C@@H]2C)ccn1. The van der Waals surface area contributed by atoms with Crippen LogP contribution < -0.4 is 10.6 Å². The number of pyridine rings is 1. The summed E-state index contributed by atoms with van der Waals surface area (Å²) in [6.07, 6.45) is 4.10. The first-order valence-electron chi connectivity index (χ1n) is 11.7. The Morgan fingerprint density at radius 3 is 2.67 bits per heavy atom. The van der Waals surface area contributed by atoms with E-state index < -0.39 is 0 Å². The highest BCUT2D eigenvalue weighted by Crippen LogP contribution is 2.35. The summed E-state index contributed by atoms with van der Waals surface area (Å²) in [6.45, 7) is 11.8. The fraction of sp³-hybridized carbons (Fsp3) is 0.500. The van der Waals surface area contributed by atoms with E-state index in [-0.39, 0.29) is 17.4 Å². The van der Waals surface area contributed by atoms with E-state index in [1.807, 2.05) is 12.1 Å². The van der Waals surface area contributed by atoms with Crippen LogP contribution >= 0.6 is 0 Å². The summed E-state index contributed by atoms with van der Waals surface area (Å²) >= 11 is 0. The van der Waals surface area contributed by atoms with Gasteiger partial charge in [-0.05, 0) is 37.5 Å². The number of rotatable bonds is 5. The standard InChI is InChI=1S/C24H32N8O/c1-16-19-13-22(27-23-14-20-24(3,4)7-5-9-32(20)29-23)28-31(19)11-10-30(16)15-18-6-8-25-21(12-18)26-17(2)33/h6,8,12-14,16H,5,7,9-11,15H2,1-4H3,(H,25,26,33)(H,27,28,29)/t16-/m0/s1. The number of nitrogens with zero attached hydrogens (tertiary/aromatic N) is 6. The van der Waals surface area contributed by atoms with Gasteiger partial charge in [-0.3, -0.25) is 19.1 Å². The van der Waals surface area contributed by atoms with Crippen LogP contribution in [0.3, 0.4) is 0 Å². The summed E-state index contributed by atoms with van der Waals surface area (Å²) in [7, 11) is 0. The number of aromatic nitrogens is 5. The Labute approximate surface area is 194 Å². The second kappa shape index (κ2) is 8.30. The summed E-state index contributed by atoms with van der Waals surface area (Å²) in [5.41, 5.74) is 3.75. The molecule has 174 valence electrons. The molecule has 0 bridgehead atoms. The quantitative estimate of drug-likeness (QED) is 0.616. The predicted octanol–water partition coefficient (Wildman–Crippen LogP) is 3.82. The number of hydrogen-bond donors (Lipinski definition) is 2. The van der Waals surface area contributed by atoms with Gasteiger partial charge in [0.1, 0.15) is 5.82 Å². The van der Waals surface area contributed by atoms with Gasteiger partial charge >= 0.3 is 0 Å². The average Bonchev–Trinajstić information content (AvgIpc) is 3.35. The fourth-order valence-corrected chi connectivity index (χ4v) is 5.01. The predicted molar refractivity (Wildman–Crippen MR) is 127 cm³/mol. The molecule has 1 atom stereocenters. The lowest BCUT2D eigenvalue weighted by Gasteiger charge is -2.33. The Morgan fingerprint density at radius 2 is 1.88 bits per heavy atom. The zero-order valence-electron chi connectivity index (χ0n) is 19.8. The minimum atomic E-state index is -0.114. The number of aryl methyl sites for hydroxylation is 1. The largest absolute Gasteiger partial charge is 0.322 e. The molecule has 0 saturated heterocycles. The maximum Gasteiger partial charge on any atom is 0.222 e. The molecule has 0 radical (unpaired) electrons. The van der Waals surface area contributed by atoms with Crippen molar-refractivity contribution in [3.8, 4) is 0 Å². The molecule has 0 unspecified atom stereocenters. The summed E-state index contributed by atoms with van der Waals surface area (Å²) in [4.78, 5) is 18.0. The van der Waals surface area contributed by atoms with Crippen molar-refractivity contribution in [2.45, 2.75) is 71.6 Å². The molecule has 9 nitrogen and oxygen atoms in total. The number of hydrogen-bond acceptors (Lipinski definition) is 6. The molecular formula is C24H32N8O. The smallest absolute Gasteiger partial charge is 0.222 e. The highest BCUT2D eigenvalue weighted by Gasteiger charge is 2.30. The zero-order valence-corrected chi connectivity index (χ0v) is 19.8. The van der Waals surface area contributed by atoms with Gasteiger partial charge in [-0.2, -0.15) is 10.2 Å². The lowest BCUT2D eigenvalue weighted by molar-refractivity contribution is -0.114. The molecular weight excluding hydrogens is 416 g/mol. The van der Waals surface area contributed by atoms with Crippen molar-refractivity contribution in [2.75, 3.05) is 17.2 Å². The minimum Gasteiger partial charge on any atom is -0.322 e. The molecule has 0 saturated carbocycles. The van der Waals surface area contributed by atoms with Gasteiger partial charge in [0, 0.05) is 62.0 Å². The molecule has 2 N–H and O–H groups in total. The number of carbonyl (C=O) groups is 1. The first-order valence-corrected chi connectivity index (χ1v) is 11.7. The number of amides is 1. The highest BCUT2D eigenvalue weighted by molar-refractivity contribution is 5.87. The number of carbonyl (C=O) groups excluding carboxylic acids is 1. The maximum atomic E-state index is 11.3. The molecule has 0 fully saturated rings. The van der Waals surface area contributed by atoms with Crippen molar-refractivity contribution in [3.63, 3.8) is 0 Å². The van der Waals surface area contributed by atoms with Gasteiger partial charge in [-0.25, -0.2) is 4.98 Å². The summed E-state index contributed by atoms with van der Waals surface area (Å²) in [5.74, 6) is 2.18. The Kier molecular flexibility index (Phi) is 5.44. The molecule has 33 heavy (non-hydrogen) atoms. The second-order valence-corrected chi connectivity index (χ2v) is 9.80. The topological polar surface area (TPSA) is 92.9 Å². The van der Waals surface area contributed by atoms with Crippen LogP contribution in [-0.4, -0.2) is 41.9 Å². The van der Waals surface area contributed by atoms with Gasteiger partial charge in [-0.15, -0.1) is 0 Å². The van der Waals surface area contributed by atoms with Gasteiger partial charge in [0.25, 0.3) is 0 Å². The summed E-state index contributed by atoms with van der Waals surface area (Å²) < 4.78 is 4.23. The van der Waals surface area contributed by atoms with E-state index in [1.54, 1.807) is 6.20 Å². The third-order valence-electron chi connectivity index (χ3n) is 6.80. The van der Waals surface area contributed by atoms with Gasteiger partial charge in [0.2, 0.25) is 5.91 Å². The van der Waals surface area contributed by atoms with Crippen LogP contribution in [-0.2, 0) is 29.8 Å². The van der Waals surface area contributed by atoms with Crippen LogP contribution in [0.2, 0.25) is 0 Å². The van der Waals surface area contributed by atoms with Crippen LogP contribution in [0.5, 0.6) is 0 Å². The van der Waals surface area contributed by atoms with E-state index in [0.717, 1.165) is 49.8 Å². The zero-order chi connectivity index (χ0) is 23.2. The molecule has 5 heterocycles. The molecule has 0 aromatic carbocycles. The molecule has 3 aromatic rings. The van der Waals surface area contributed by atoms with Gasteiger partial charge in [0.05, 0.1) is 12.2 Å². The van der Waals surface area contributed by atoms with Crippen molar-refractivity contribution in [3.05, 3.63) is 47.4 Å². The summed E-state index contributed by atoms with van der Waals surface area (Å²) in [5, 5.41) is 15.8. The Morgan fingerprint density at radius 1 is 1.09 bits per heavy atom. The number of fused-ring (bicyclic) bond motifs is 2. The van der Waals surface area contributed by atoms with E-state index in [1.165, 1.54) is 24.7 Å². The van der Waals surface area contributed by atoms with E-state index in [4.69, 9.17) is 10.2 Å². The molecule has 3 aromatic heterocycles. The van der Waals surface area contributed by atoms with E-state index >= 15 is 0 Å². The van der Waals surface area contributed by atoms with Crippen LogP contribution in [0.1, 0.15) is 63.5 Å². The number of nitrogens with one attached hydrogen (secondary N) is 2. The minimum absolute atomic E-state index is 0.114. The van der Waals surface area contributed by atoms with Crippen molar-refractivity contribution in [1.82, 2.24) is 29.4 Å². The fourth-order valence-electron chi connectivity index (χ4n) is 5.01. The van der Waals surface area contributed by atoms with Crippen LogP contribution in [0.15, 0.2) is 30.5 Å². The molecule has 0 spiro atoms. The van der Waals surface area contributed by atoms with E-state index in [2.05, 4.69) is 62.8 Å². The molecule has 5 rings (SSSR count). The van der Waals surface area contributed by atoms with Crippen LogP contribution in [0.4, 0.5) is 17.5 Å². The molecule has 0 aliphatic carbocycles. The van der Waals surface area contributed by atoms with Crippen LogP contribution in [0.25, 0.3) is 0 Å². The van der Waals surface area contributed by atoms with Gasteiger partial charge < -0.3 is 10.6 Å². The van der Waals surface area contributed by atoms with Crippen molar-refractivity contribution < 1.29 is 4.79 Å². The average molecular weight is 449 g/mol. The monoisotopic (exact) mass is 448 g/mol. The molecule has 2 aliphatic rings. The maximum absolute atomic E-state index is 11.3. The Hall–Kier alpha value is -3.20. The van der Waals surface area contributed by atoms with Gasteiger partial charge in [-0.1, -0.05) is 13.8 Å². The second-order valence-electron chi connectivity index (χ2n) is 9.80. The molecule has 1 amide bonds. The van der Waals surface area contributed by atoms with E-state index in [0.29, 0.717) is 5.82 Å². The third kappa shape index (κ3) is 4.37. The highest BCUT2D eigenvalue weighted by atomic mass is 16.1. The first kappa shape index (κ1) is 21.6. The molecule has 2 aliphatic heterocycles. The lowest BCUT2D eigenvalue weighted by atomic mass is 9.82. The van der Waals surface area contributed by atoms with Crippen molar-refractivity contribution in [1.29, 1.82) is 0 Å². The Bertz CT molecular complexity index is 1180. The van der Waals surface area contributed by atoms with Crippen molar-refractivity contribution >= 4 is 23.4 Å². The van der Waals surface area contributed by atoms with Crippen LogP contribution in [0, 0.1) is 0 Å². The first-order chi connectivity index (χ1) is 15.8. The normalized spacial score (nSPS) is 19.6. The van der Waals surface area contributed by atoms with Crippen molar-refractivity contribution in [2.24, 2.45) is 0 Å². The third-order valence-corrected chi connectivity index (χ3v) is 6.80. The molecule has 9 heteroatoms. The summed E-state index contributed by atoms with van der Waals surface area (Å²) in [6, 6.07) is 8.46. The number of anilines is 3. The Balaban J connectivity index is 1.30. The van der Waals surface area contributed by atoms with E-state index in [9.17, 15) is 4.79 Å². The lowest BCUT2D eigenvalue weighted by Crippen LogP contribution is -2.36. The van der Waals surface area contributed by atoms with Gasteiger partial charge in [0.15, 0.2) is 11.6 Å².